The number of likely N-dealkylation sites (tertiary alicyclic amines) is 1. The number of carbonyl (C=O) groups is 1. The maximum absolute atomic E-state index is 12.2. The molecule has 6 nitrogen and oxygen atoms in total. The van der Waals surface area contributed by atoms with Crippen molar-refractivity contribution in [2.24, 2.45) is 4.99 Å². The average Bonchev–Trinajstić information content (AvgIpc) is 2.48. The molecular formula is C17H22N2O4. The van der Waals surface area contributed by atoms with E-state index in [1.807, 2.05) is 26.8 Å². The molecule has 23 heavy (non-hydrogen) atoms. The van der Waals surface area contributed by atoms with Gasteiger partial charge in [-0.25, -0.2) is 9.59 Å². The van der Waals surface area contributed by atoms with Gasteiger partial charge in [-0.3, -0.25) is 0 Å². The lowest BCUT2D eigenvalue weighted by Gasteiger charge is -2.34. The first-order valence-corrected chi connectivity index (χ1v) is 7.70. The van der Waals surface area contributed by atoms with Gasteiger partial charge in [-0.15, -0.1) is 0 Å². The van der Waals surface area contributed by atoms with Crippen LogP contribution in [-0.2, 0) is 9.53 Å². The van der Waals surface area contributed by atoms with Crippen LogP contribution in [0.2, 0.25) is 0 Å². The van der Waals surface area contributed by atoms with E-state index in [9.17, 15) is 9.59 Å². The minimum absolute atomic E-state index is 0.153. The molecule has 1 atom stereocenters. The number of carbonyl (C=O) groups excluding carboxylic acids is 2. The van der Waals surface area contributed by atoms with E-state index in [-0.39, 0.29) is 12.2 Å². The van der Waals surface area contributed by atoms with Crippen molar-refractivity contribution >= 4 is 17.9 Å². The number of rotatable bonds is 3. The Bertz CT molecular complexity index is 603. The summed E-state index contributed by atoms with van der Waals surface area (Å²) >= 11 is 0. The molecule has 1 amide bonds. The summed E-state index contributed by atoms with van der Waals surface area (Å²) in [6.07, 6.45) is 2.71. The zero-order chi connectivity index (χ0) is 16.9. The Labute approximate surface area is 136 Å². The molecule has 0 bridgehead atoms. The molecule has 0 aromatic heterocycles. The largest absolute Gasteiger partial charge is 0.486 e. The third kappa shape index (κ3) is 5.11. The number of ether oxygens (including phenoxy) is 2. The quantitative estimate of drug-likeness (QED) is 0.632. The van der Waals surface area contributed by atoms with Crippen LogP contribution in [0.4, 0.5) is 10.5 Å². The van der Waals surface area contributed by atoms with Crippen molar-refractivity contribution in [1.29, 1.82) is 0 Å². The highest BCUT2D eigenvalue weighted by molar-refractivity contribution is 5.68. The highest BCUT2D eigenvalue weighted by Gasteiger charge is 2.28. The molecule has 2 rings (SSSR count). The monoisotopic (exact) mass is 318 g/mol. The fourth-order valence-corrected chi connectivity index (χ4v) is 2.40. The lowest BCUT2D eigenvalue weighted by Crippen LogP contribution is -2.46. The van der Waals surface area contributed by atoms with Crippen molar-refractivity contribution in [2.75, 3.05) is 13.1 Å². The van der Waals surface area contributed by atoms with E-state index < -0.39 is 5.60 Å². The number of benzene rings is 1. The first kappa shape index (κ1) is 17.0. The zero-order valence-corrected chi connectivity index (χ0v) is 13.7. The molecule has 0 radical (unpaired) electrons. The summed E-state index contributed by atoms with van der Waals surface area (Å²) in [4.78, 5) is 27.9. The Morgan fingerprint density at radius 2 is 2.09 bits per heavy atom. The maximum atomic E-state index is 12.2. The van der Waals surface area contributed by atoms with Crippen molar-refractivity contribution in [3.05, 3.63) is 24.3 Å². The molecule has 1 aliphatic heterocycles. The van der Waals surface area contributed by atoms with E-state index in [1.165, 1.54) is 6.08 Å². The topological polar surface area (TPSA) is 68.2 Å². The minimum Gasteiger partial charge on any atom is -0.486 e. The molecular weight excluding hydrogens is 296 g/mol. The summed E-state index contributed by atoms with van der Waals surface area (Å²) < 4.78 is 11.3. The fourth-order valence-electron chi connectivity index (χ4n) is 2.40. The predicted molar refractivity (Wildman–Crippen MR) is 85.7 cm³/mol. The van der Waals surface area contributed by atoms with Gasteiger partial charge in [-0.1, -0.05) is 12.1 Å². The summed E-state index contributed by atoms with van der Waals surface area (Å²) in [6, 6.07) is 7.03. The molecule has 1 heterocycles. The van der Waals surface area contributed by atoms with Gasteiger partial charge in [0.15, 0.2) is 0 Å². The van der Waals surface area contributed by atoms with Gasteiger partial charge in [-0.2, -0.15) is 4.99 Å². The molecule has 1 saturated heterocycles. The molecule has 0 aliphatic carbocycles. The van der Waals surface area contributed by atoms with E-state index in [4.69, 9.17) is 9.47 Å². The van der Waals surface area contributed by atoms with Crippen LogP contribution in [0.3, 0.4) is 0 Å². The minimum atomic E-state index is -0.518. The van der Waals surface area contributed by atoms with Gasteiger partial charge in [0, 0.05) is 6.54 Å². The number of para-hydroxylation sites is 2. The molecule has 6 heteroatoms. The van der Waals surface area contributed by atoms with Crippen LogP contribution in [0.5, 0.6) is 5.75 Å². The lowest BCUT2D eigenvalue weighted by atomic mass is 10.1. The van der Waals surface area contributed by atoms with Gasteiger partial charge in [-0.05, 0) is 45.7 Å². The van der Waals surface area contributed by atoms with Crippen LogP contribution in [0.25, 0.3) is 0 Å². The molecule has 1 aromatic carbocycles. The number of hydrogen-bond donors (Lipinski definition) is 0. The van der Waals surface area contributed by atoms with E-state index >= 15 is 0 Å². The second-order valence-electron chi connectivity index (χ2n) is 6.48. The fraction of sp³-hybridized carbons (Fsp3) is 0.529. The highest BCUT2D eigenvalue weighted by atomic mass is 16.6. The van der Waals surface area contributed by atoms with Crippen LogP contribution in [0.1, 0.15) is 33.6 Å². The Morgan fingerprint density at radius 3 is 2.78 bits per heavy atom. The van der Waals surface area contributed by atoms with Crippen molar-refractivity contribution in [2.45, 2.75) is 45.3 Å². The SMILES string of the molecule is CC(C)(C)OC(=O)N1CCCC(Oc2ccccc2N=C=O)C1. The summed E-state index contributed by atoms with van der Waals surface area (Å²) in [7, 11) is 0. The first-order valence-electron chi connectivity index (χ1n) is 7.70. The Morgan fingerprint density at radius 1 is 1.35 bits per heavy atom. The number of piperidine rings is 1. The number of nitrogens with zero attached hydrogens (tertiary/aromatic N) is 2. The Hall–Kier alpha value is -2.33. The Kier molecular flexibility index (Phi) is 5.40. The molecule has 1 aliphatic rings. The van der Waals surface area contributed by atoms with E-state index in [0.29, 0.717) is 24.5 Å². The van der Waals surface area contributed by atoms with Crippen LogP contribution in [-0.4, -0.2) is 41.9 Å². The van der Waals surface area contributed by atoms with Crippen LogP contribution < -0.4 is 4.74 Å². The van der Waals surface area contributed by atoms with Crippen molar-refractivity contribution in [3.63, 3.8) is 0 Å². The van der Waals surface area contributed by atoms with E-state index in [1.54, 1.807) is 23.1 Å². The van der Waals surface area contributed by atoms with Gasteiger partial charge < -0.3 is 14.4 Å². The average molecular weight is 318 g/mol. The van der Waals surface area contributed by atoms with E-state index in [2.05, 4.69) is 4.99 Å². The van der Waals surface area contributed by atoms with Gasteiger partial charge in [0.1, 0.15) is 23.1 Å². The molecule has 1 unspecified atom stereocenters. The molecule has 0 N–H and O–H groups in total. The van der Waals surface area contributed by atoms with Crippen LogP contribution in [0.15, 0.2) is 29.3 Å². The van der Waals surface area contributed by atoms with Gasteiger partial charge in [0.05, 0.1) is 6.54 Å². The second-order valence-corrected chi connectivity index (χ2v) is 6.48. The maximum Gasteiger partial charge on any atom is 0.410 e. The molecule has 0 saturated carbocycles. The van der Waals surface area contributed by atoms with Crippen molar-refractivity contribution < 1.29 is 19.1 Å². The van der Waals surface area contributed by atoms with Gasteiger partial charge in [0.2, 0.25) is 6.08 Å². The molecule has 0 spiro atoms. The number of isocyanates is 1. The summed E-state index contributed by atoms with van der Waals surface area (Å²) in [5.41, 5.74) is -0.0761. The summed E-state index contributed by atoms with van der Waals surface area (Å²) in [6.45, 7) is 6.64. The smallest absolute Gasteiger partial charge is 0.410 e. The Balaban J connectivity index is 2.02. The van der Waals surface area contributed by atoms with Gasteiger partial charge >= 0.3 is 6.09 Å². The second kappa shape index (κ2) is 7.29. The highest BCUT2D eigenvalue weighted by Crippen LogP contribution is 2.29. The normalized spacial score (nSPS) is 18.0. The number of amides is 1. The zero-order valence-electron chi connectivity index (χ0n) is 13.7. The summed E-state index contributed by atoms with van der Waals surface area (Å²) in [5, 5.41) is 0. The lowest BCUT2D eigenvalue weighted by molar-refractivity contribution is 0.00784. The van der Waals surface area contributed by atoms with Crippen LogP contribution >= 0.6 is 0 Å². The third-order valence-corrected chi connectivity index (χ3v) is 3.35. The van der Waals surface area contributed by atoms with E-state index in [0.717, 1.165) is 12.8 Å². The molecule has 1 fully saturated rings. The first-order chi connectivity index (χ1) is 10.9. The molecule has 1 aromatic rings. The standard InChI is InChI=1S/C17H22N2O4/c1-17(2,3)23-16(21)19-10-6-7-13(11-19)22-15-9-5-4-8-14(15)18-12-20/h4-5,8-9,13H,6-7,10-11H2,1-3H3. The van der Waals surface area contributed by atoms with Gasteiger partial charge in [0.25, 0.3) is 0 Å². The van der Waals surface area contributed by atoms with Crippen molar-refractivity contribution in [1.82, 2.24) is 4.90 Å². The number of hydrogen-bond acceptors (Lipinski definition) is 5. The molecule has 124 valence electrons. The predicted octanol–water partition coefficient (Wildman–Crippen LogP) is 3.43. The van der Waals surface area contributed by atoms with Crippen LogP contribution in [0, 0.1) is 0 Å². The number of aliphatic imine (C=N–C) groups is 1. The third-order valence-electron chi connectivity index (χ3n) is 3.35. The summed E-state index contributed by atoms with van der Waals surface area (Å²) in [5.74, 6) is 0.520. The van der Waals surface area contributed by atoms with Crippen molar-refractivity contribution in [3.8, 4) is 5.75 Å².